The third kappa shape index (κ3) is 12.0. The molecular formula is C19H28N2O8. The van der Waals surface area contributed by atoms with Crippen molar-refractivity contribution in [3.63, 3.8) is 0 Å². The van der Waals surface area contributed by atoms with Gasteiger partial charge in [-0.15, -0.1) is 0 Å². The smallest absolute Gasteiger partial charge is 0.407 e. The van der Waals surface area contributed by atoms with E-state index in [-0.39, 0.29) is 24.7 Å². The first-order valence-electron chi connectivity index (χ1n) is 9.12. The first-order chi connectivity index (χ1) is 13.7. The second kappa shape index (κ2) is 14.8. The van der Waals surface area contributed by atoms with Gasteiger partial charge in [0.15, 0.2) is 0 Å². The lowest BCUT2D eigenvalue weighted by Crippen LogP contribution is -2.43. The van der Waals surface area contributed by atoms with E-state index in [1.54, 1.807) is 6.92 Å². The van der Waals surface area contributed by atoms with Crippen LogP contribution in [0, 0.1) is 10.1 Å². The summed E-state index contributed by atoms with van der Waals surface area (Å²) in [5.41, 5.74) is 0.607. The van der Waals surface area contributed by atoms with Crippen LogP contribution in [0.4, 0.5) is 10.5 Å². The molecule has 0 unspecified atom stereocenters. The zero-order valence-corrected chi connectivity index (χ0v) is 17.1. The minimum Gasteiger partial charge on any atom is -0.467 e. The van der Waals surface area contributed by atoms with E-state index in [9.17, 15) is 24.5 Å². The van der Waals surface area contributed by atoms with Crippen molar-refractivity contribution in [2.45, 2.75) is 46.1 Å². The van der Waals surface area contributed by atoms with E-state index in [2.05, 4.69) is 14.8 Å². The van der Waals surface area contributed by atoms with Crippen LogP contribution in [0.25, 0.3) is 0 Å². The Hall–Kier alpha value is -3.17. The molecule has 0 aliphatic carbocycles. The molecule has 0 saturated carbocycles. The number of methoxy groups -OCH3 is 1. The van der Waals surface area contributed by atoms with Gasteiger partial charge >= 0.3 is 18.0 Å². The lowest BCUT2D eigenvalue weighted by atomic mass is 10.1. The van der Waals surface area contributed by atoms with Gasteiger partial charge in [-0.2, -0.15) is 0 Å². The number of hydrogen-bond acceptors (Lipinski definition) is 8. The number of rotatable bonds is 9. The lowest BCUT2D eigenvalue weighted by molar-refractivity contribution is -0.384. The number of unbranched alkanes of at least 4 members (excludes halogenated alkanes) is 1. The number of ether oxygens (including phenoxy) is 3. The third-order valence-corrected chi connectivity index (χ3v) is 3.44. The van der Waals surface area contributed by atoms with Gasteiger partial charge in [-0.05, 0) is 18.9 Å². The zero-order chi connectivity index (χ0) is 22.2. The van der Waals surface area contributed by atoms with E-state index in [1.807, 2.05) is 6.92 Å². The second-order valence-electron chi connectivity index (χ2n) is 5.76. The van der Waals surface area contributed by atoms with Gasteiger partial charge in [-0.1, -0.05) is 25.5 Å². The standard InChI is InChI=1S/C15H20N2O6.C4H8O2/c1-3-4-9-23-15(19)16-13(14(18)22-2)10-11-5-7-12(8-6-11)17(20)21;1-3-6-4(2)5/h5-8,13H,3-4,9-10H2,1-2H3,(H,16,19);3H2,1-2H3/t13-;/m0./s1. The molecule has 0 saturated heterocycles. The second-order valence-corrected chi connectivity index (χ2v) is 5.76. The zero-order valence-electron chi connectivity index (χ0n) is 17.1. The Morgan fingerprint density at radius 1 is 1.14 bits per heavy atom. The summed E-state index contributed by atoms with van der Waals surface area (Å²) in [5, 5.41) is 13.1. The highest BCUT2D eigenvalue weighted by atomic mass is 16.6. The summed E-state index contributed by atoms with van der Waals surface area (Å²) in [6.45, 7) is 5.89. The van der Waals surface area contributed by atoms with Crippen LogP contribution in [0.3, 0.4) is 0 Å². The molecule has 0 fully saturated rings. The van der Waals surface area contributed by atoms with E-state index in [0.717, 1.165) is 12.8 Å². The summed E-state index contributed by atoms with van der Waals surface area (Å²) in [6, 6.07) is 4.80. The van der Waals surface area contributed by atoms with Gasteiger partial charge < -0.3 is 19.5 Å². The van der Waals surface area contributed by atoms with Gasteiger partial charge in [0.05, 0.1) is 25.2 Å². The quantitative estimate of drug-likeness (QED) is 0.215. The van der Waals surface area contributed by atoms with E-state index < -0.39 is 23.0 Å². The van der Waals surface area contributed by atoms with Gasteiger partial charge in [-0.3, -0.25) is 14.9 Å². The van der Waals surface area contributed by atoms with Crippen LogP contribution < -0.4 is 5.32 Å². The average Bonchev–Trinajstić information content (AvgIpc) is 2.67. The summed E-state index contributed by atoms with van der Waals surface area (Å²) in [7, 11) is 1.22. The number of carbonyl (C=O) groups is 3. The molecule has 10 heteroatoms. The fraction of sp³-hybridized carbons (Fsp3) is 0.526. The van der Waals surface area contributed by atoms with Gasteiger partial charge in [0, 0.05) is 25.5 Å². The molecule has 1 aromatic carbocycles. The van der Waals surface area contributed by atoms with Crippen molar-refractivity contribution in [2.75, 3.05) is 20.3 Å². The Morgan fingerprint density at radius 3 is 2.17 bits per heavy atom. The highest BCUT2D eigenvalue weighted by Gasteiger charge is 2.23. The molecule has 1 atom stereocenters. The Bertz CT molecular complexity index is 661. The van der Waals surface area contributed by atoms with Crippen LogP contribution in [-0.2, 0) is 30.2 Å². The van der Waals surface area contributed by atoms with Crippen molar-refractivity contribution in [3.8, 4) is 0 Å². The Morgan fingerprint density at radius 2 is 1.76 bits per heavy atom. The maximum absolute atomic E-state index is 11.8. The molecule has 0 aliphatic heterocycles. The average molecular weight is 412 g/mol. The fourth-order valence-corrected chi connectivity index (χ4v) is 2.02. The van der Waals surface area contributed by atoms with Crippen molar-refractivity contribution < 1.29 is 33.5 Å². The van der Waals surface area contributed by atoms with Gasteiger partial charge in [0.25, 0.3) is 5.69 Å². The summed E-state index contributed by atoms with van der Waals surface area (Å²) >= 11 is 0. The van der Waals surface area contributed by atoms with Crippen LogP contribution in [0.15, 0.2) is 24.3 Å². The Kier molecular flexibility index (Phi) is 13.2. The monoisotopic (exact) mass is 412 g/mol. The maximum atomic E-state index is 11.8. The number of carbonyl (C=O) groups excluding carboxylic acids is 3. The van der Waals surface area contributed by atoms with Crippen molar-refractivity contribution in [1.29, 1.82) is 0 Å². The molecule has 0 bridgehead atoms. The number of esters is 2. The normalized spacial score (nSPS) is 10.6. The first kappa shape index (κ1) is 25.8. The summed E-state index contributed by atoms with van der Waals surface area (Å²) in [5.74, 6) is -0.826. The maximum Gasteiger partial charge on any atom is 0.407 e. The largest absolute Gasteiger partial charge is 0.467 e. The van der Waals surface area contributed by atoms with Crippen LogP contribution in [0.1, 0.15) is 39.2 Å². The Labute approximate surface area is 169 Å². The van der Waals surface area contributed by atoms with Crippen LogP contribution in [0.2, 0.25) is 0 Å². The topological polar surface area (TPSA) is 134 Å². The van der Waals surface area contributed by atoms with Crippen molar-refractivity contribution in [1.82, 2.24) is 5.32 Å². The molecule has 1 N–H and O–H groups in total. The first-order valence-corrected chi connectivity index (χ1v) is 9.12. The minimum atomic E-state index is -0.921. The number of non-ortho nitro benzene ring substituents is 1. The van der Waals surface area contributed by atoms with Crippen LogP contribution >= 0.6 is 0 Å². The Balaban J connectivity index is 0.00000113. The SMILES string of the molecule is CCCCOC(=O)N[C@@H](Cc1ccc([N+](=O)[O-])cc1)C(=O)OC.CCOC(C)=O. The van der Waals surface area contributed by atoms with Crippen LogP contribution in [-0.4, -0.2) is 49.3 Å². The number of amides is 1. The highest BCUT2D eigenvalue weighted by Crippen LogP contribution is 2.13. The number of nitro groups is 1. The number of nitro benzene ring substituents is 1. The lowest BCUT2D eigenvalue weighted by Gasteiger charge is -2.16. The predicted octanol–water partition coefficient (Wildman–Crippen LogP) is 2.77. The molecule has 29 heavy (non-hydrogen) atoms. The molecule has 0 heterocycles. The fourth-order valence-electron chi connectivity index (χ4n) is 2.02. The van der Waals surface area contributed by atoms with Gasteiger partial charge in [0.1, 0.15) is 6.04 Å². The molecule has 1 aromatic rings. The van der Waals surface area contributed by atoms with E-state index in [4.69, 9.17) is 4.74 Å². The number of nitrogens with zero attached hydrogens (tertiary/aromatic N) is 1. The molecule has 0 spiro atoms. The van der Waals surface area contributed by atoms with E-state index in [0.29, 0.717) is 12.2 Å². The number of nitrogens with one attached hydrogen (secondary N) is 1. The van der Waals surface area contributed by atoms with Crippen molar-refractivity contribution in [2.24, 2.45) is 0 Å². The number of hydrogen-bond donors (Lipinski definition) is 1. The van der Waals surface area contributed by atoms with Crippen molar-refractivity contribution >= 4 is 23.7 Å². The number of alkyl carbamates (subject to hydrolysis) is 1. The number of benzene rings is 1. The van der Waals surface area contributed by atoms with E-state index in [1.165, 1.54) is 38.3 Å². The van der Waals surface area contributed by atoms with Gasteiger partial charge in [-0.25, -0.2) is 9.59 Å². The molecular weight excluding hydrogens is 384 g/mol. The molecule has 0 aromatic heterocycles. The molecule has 162 valence electrons. The summed E-state index contributed by atoms with van der Waals surface area (Å²) < 4.78 is 14.0. The van der Waals surface area contributed by atoms with Gasteiger partial charge in [0.2, 0.25) is 0 Å². The third-order valence-electron chi connectivity index (χ3n) is 3.44. The summed E-state index contributed by atoms with van der Waals surface area (Å²) in [4.78, 5) is 43.3. The molecule has 1 amide bonds. The van der Waals surface area contributed by atoms with Crippen LogP contribution in [0.5, 0.6) is 0 Å². The predicted molar refractivity (Wildman–Crippen MR) is 104 cm³/mol. The highest BCUT2D eigenvalue weighted by molar-refractivity contribution is 5.81. The summed E-state index contributed by atoms with van der Waals surface area (Å²) in [6.07, 6.45) is 1.07. The minimum absolute atomic E-state index is 0.0460. The van der Waals surface area contributed by atoms with Crippen molar-refractivity contribution in [3.05, 3.63) is 39.9 Å². The molecule has 0 radical (unpaired) electrons. The molecule has 1 rings (SSSR count). The molecule has 0 aliphatic rings. The van der Waals surface area contributed by atoms with E-state index >= 15 is 0 Å². The molecule has 10 nitrogen and oxygen atoms in total.